The van der Waals surface area contributed by atoms with E-state index in [1.165, 1.54) is 6.07 Å². The van der Waals surface area contributed by atoms with Crippen molar-refractivity contribution < 1.29 is 32.5 Å². The third-order valence-corrected chi connectivity index (χ3v) is 3.96. The molecule has 0 amide bonds. The molecule has 0 aliphatic carbocycles. The number of nitrogens with zero attached hydrogens (tertiary/aromatic N) is 1. The Balaban J connectivity index is 0.00000450. The smallest absolute Gasteiger partial charge is 0.387 e. The van der Waals surface area contributed by atoms with E-state index >= 15 is 0 Å². The van der Waals surface area contributed by atoms with E-state index in [2.05, 4.69) is 20.4 Å². The third-order valence-electron chi connectivity index (χ3n) is 3.96. The minimum Gasteiger partial charge on any atom is -0.454 e. The Kier molecular flexibility index (Phi) is 13.4. The lowest BCUT2D eigenvalue weighted by Crippen LogP contribution is -2.37. The number of halogens is 3. The number of hydrogen-bond acceptors (Lipinski definition) is 6. The van der Waals surface area contributed by atoms with Gasteiger partial charge in [-0.25, -0.2) is 4.99 Å². The van der Waals surface area contributed by atoms with Gasteiger partial charge in [-0.05, 0) is 25.8 Å². The maximum atomic E-state index is 12.7. The zero-order chi connectivity index (χ0) is 20.9. The third kappa shape index (κ3) is 9.47. The van der Waals surface area contributed by atoms with Crippen molar-refractivity contribution in [3.05, 3.63) is 17.7 Å². The molecule has 1 heterocycles. The standard InChI is InChI=1S/C19H29F2N3O5.HI/c1-3-22-19(23-6-4-5-7-26-9-8-25-2)24-12-14-10-16-17(28-13-27-16)11-15(14)29-18(20)21;/h10-11,18H,3-9,12-13H2,1-2H3,(H2,22,23,24);1H. The van der Waals surface area contributed by atoms with Crippen LogP contribution < -0.4 is 24.8 Å². The van der Waals surface area contributed by atoms with E-state index in [1.54, 1.807) is 13.2 Å². The van der Waals surface area contributed by atoms with Crippen molar-refractivity contribution in [1.29, 1.82) is 0 Å². The molecule has 8 nitrogen and oxygen atoms in total. The molecular formula is C19H30F2IN3O5. The molecule has 0 radical (unpaired) electrons. The molecule has 1 aromatic rings. The van der Waals surface area contributed by atoms with Crippen molar-refractivity contribution in [3.8, 4) is 17.2 Å². The second-order valence-electron chi connectivity index (χ2n) is 6.13. The minimum absolute atomic E-state index is 0. The highest BCUT2D eigenvalue weighted by molar-refractivity contribution is 14.0. The van der Waals surface area contributed by atoms with Crippen LogP contribution in [0.4, 0.5) is 8.78 Å². The zero-order valence-electron chi connectivity index (χ0n) is 17.2. The molecule has 0 saturated carbocycles. The number of fused-ring (bicyclic) bond motifs is 1. The minimum atomic E-state index is -2.93. The first-order chi connectivity index (χ1) is 14.1. The number of benzene rings is 1. The van der Waals surface area contributed by atoms with Crippen LogP contribution in [0, 0.1) is 0 Å². The summed E-state index contributed by atoms with van der Waals surface area (Å²) in [6, 6.07) is 3.02. The van der Waals surface area contributed by atoms with Gasteiger partial charge in [-0.1, -0.05) is 0 Å². The summed E-state index contributed by atoms with van der Waals surface area (Å²) in [7, 11) is 1.64. The van der Waals surface area contributed by atoms with E-state index in [-0.39, 0.29) is 43.1 Å². The van der Waals surface area contributed by atoms with E-state index in [4.69, 9.17) is 18.9 Å². The van der Waals surface area contributed by atoms with Crippen LogP contribution in [0.3, 0.4) is 0 Å². The van der Waals surface area contributed by atoms with Crippen molar-refractivity contribution in [2.24, 2.45) is 4.99 Å². The molecule has 2 N–H and O–H groups in total. The summed E-state index contributed by atoms with van der Waals surface area (Å²) in [5, 5.41) is 6.35. The highest BCUT2D eigenvalue weighted by atomic mass is 127. The molecule has 172 valence electrons. The summed E-state index contributed by atoms with van der Waals surface area (Å²) in [5.41, 5.74) is 0.485. The number of nitrogens with one attached hydrogen (secondary N) is 2. The van der Waals surface area contributed by atoms with Crippen molar-refractivity contribution in [2.75, 3.05) is 46.8 Å². The molecule has 0 saturated heterocycles. The fourth-order valence-electron chi connectivity index (χ4n) is 2.58. The van der Waals surface area contributed by atoms with Crippen LogP contribution in [-0.4, -0.2) is 59.4 Å². The number of unbranched alkanes of at least 4 members (excludes halogenated alkanes) is 1. The van der Waals surface area contributed by atoms with Crippen LogP contribution in [0.25, 0.3) is 0 Å². The van der Waals surface area contributed by atoms with E-state index in [0.717, 1.165) is 12.8 Å². The van der Waals surface area contributed by atoms with Crippen LogP contribution in [0.2, 0.25) is 0 Å². The maximum absolute atomic E-state index is 12.7. The molecule has 1 aliphatic rings. The van der Waals surface area contributed by atoms with Crippen molar-refractivity contribution in [1.82, 2.24) is 10.6 Å². The average molecular weight is 545 g/mol. The Bertz CT molecular complexity index is 653. The average Bonchev–Trinajstić information content (AvgIpc) is 3.14. The van der Waals surface area contributed by atoms with E-state index in [9.17, 15) is 8.78 Å². The predicted molar refractivity (Wildman–Crippen MR) is 119 cm³/mol. The normalized spacial score (nSPS) is 12.6. The summed E-state index contributed by atoms with van der Waals surface area (Å²) in [6.07, 6.45) is 1.81. The van der Waals surface area contributed by atoms with Gasteiger partial charge in [0.25, 0.3) is 0 Å². The van der Waals surface area contributed by atoms with Crippen molar-refractivity contribution in [3.63, 3.8) is 0 Å². The number of ether oxygens (including phenoxy) is 5. The van der Waals surface area contributed by atoms with Gasteiger partial charge in [0.1, 0.15) is 5.75 Å². The summed E-state index contributed by atoms with van der Waals surface area (Å²) in [4.78, 5) is 4.46. The lowest BCUT2D eigenvalue weighted by Gasteiger charge is -2.13. The van der Waals surface area contributed by atoms with Gasteiger partial charge >= 0.3 is 6.61 Å². The molecule has 0 bridgehead atoms. The van der Waals surface area contributed by atoms with Crippen LogP contribution in [-0.2, 0) is 16.0 Å². The lowest BCUT2D eigenvalue weighted by molar-refractivity contribution is -0.0505. The number of guanidine groups is 1. The zero-order valence-corrected chi connectivity index (χ0v) is 19.6. The molecule has 0 spiro atoms. The first-order valence-electron chi connectivity index (χ1n) is 9.60. The van der Waals surface area contributed by atoms with Gasteiger partial charge in [0.15, 0.2) is 17.5 Å². The summed E-state index contributed by atoms with van der Waals surface area (Å²) < 4.78 is 51.0. The SMILES string of the molecule is CCNC(=NCc1cc2c(cc1OC(F)F)OCO2)NCCCCOCCOC.I. The van der Waals surface area contributed by atoms with Crippen molar-refractivity contribution >= 4 is 29.9 Å². The largest absolute Gasteiger partial charge is 0.454 e. The molecule has 0 unspecified atom stereocenters. The Morgan fingerprint density at radius 1 is 1.13 bits per heavy atom. The van der Waals surface area contributed by atoms with Crippen LogP contribution >= 0.6 is 24.0 Å². The van der Waals surface area contributed by atoms with Crippen molar-refractivity contribution in [2.45, 2.75) is 32.9 Å². The van der Waals surface area contributed by atoms with Gasteiger partial charge in [0.2, 0.25) is 6.79 Å². The number of hydrogen-bond donors (Lipinski definition) is 2. The van der Waals surface area contributed by atoms with E-state index in [1.807, 2.05) is 6.92 Å². The number of alkyl halides is 2. The lowest BCUT2D eigenvalue weighted by atomic mass is 10.1. The van der Waals surface area contributed by atoms with Gasteiger partial charge in [-0.15, -0.1) is 24.0 Å². The van der Waals surface area contributed by atoms with E-state index in [0.29, 0.717) is 55.9 Å². The van der Waals surface area contributed by atoms with Gasteiger partial charge in [0.05, 0.1) is 19.8 Å². The molecule has 0 fully saturated rings. The molecule has 30 heavy (non-hydrogen) atoms. The number of methoxy groups -OCH3 is 1. The van der Waals surface area contributed by atoms with Gasteiger partial charge in [-0.2, -0.15) is 8.78 Å². The second kappa shape index (κ2) is 15.2. The van der Waals surface area contributed by atoms with Gasteiger partial charge < -0.3 is 34.3 Å². The number of rotatable bonds is 13. The summed E-state index contributed by atoms with van der Waals surface area (Å²) in [6.45, 7) is 2.45. The quantitative estimate of drug-likeness (QED) is 0.171. The Hall–Kier alpha value is -1.60. The highest BCUT2D eigenvalue weighted by Gasteiger charge is 2.20. The van der Waals surface area contributed by atoms with Crippen LogP contribution in [0.1, 0.15) is 25.3 Å². The second-order valence-corrected chi connectivity index (χ2v) is 6.13. The molecule has 1 aliphatic heterocycles. The molecule has 11 heteroatoms. The molecular weight excluding hydrogens is 515 g/mol. The first kappa shape index (κ1) is 26.4. The molecule has 1 aromatic carbocycles. The Morgan fingerprint density at radius 3 is 2.60 bits per heavy atom. The van der Waals surface area contributed by atoms with Gasteiger partial charge in [0, 0.05) is 38.4 Å². The maximum Gasteiger partial charge on any atom is 0.387 e. The number of aliphatic imine (C=N–C) groups is 1. The Labute approximate surface area is 192 Å². The fourth-order valence-corrected chi connectivity index (χ4v) is 2.58. The molecule has 0 atom stereocenters. The molecule has 0 aromatic heterocycles. The fraction of sp³-hybridized carbons (Fsp3) is 0.632. The summed E-state index contributed by atoms with van der Waals surface area (Å²) >= 11 is 0. The summed E-state index contributed by atoms with van der Waals surface area (Å²) in [5.74, 6) is 1.49. The highest BCUT2D eigenvalue weighted by Crippen LogP contribution is 2.38. The molecule has 2 rings (SSSR count). The first-order valence-corrected chi connectivity index (χ1v) is 9.60. The Morgan fingerprint density at radius 2 is 1.90 bits per heavy atom. The van der Waals surface area contributed by atoms with Crippen LogP contribution in [0.5, 0.6) is 17.2 Å². The van der Waals surface area contributed by atoms with Gasteiger partial charge in [-0.3, -0.25) is 0 Å². The van der Waals surface area contributed by atoms with Crippen LogP contribution in [0.15, 0.2) is 17.1 Å². The predicted octanol–water partition coefficient (Wildman–Crippen LogP) is 3.13. The topological polar surface area (TPSA) is 82.6 Å². The monoisotopic (exact) mass is 545 g/mol. The van der Waals surface area contributed by atoms with E-state index < -0.39 is 6.61 Å².